The molecule has 1 aliphatic rings. The third-order valence-corrected chi connectivity index (χ3v) is 5.56. The fourth-order valence-corrected chi connectivity index (χ4v) is 4.23. The van der Waals surface area contributed by atoms with Gasteiger partial charge in [0.2, 0.25) is 0 Å². The number of nitrogens with zero attached hydrogens (tertiary/aromatic N) is 3. The number of carbonyl (C=O) groups excluding carboxylic acids is 1. The van der Waals surface area contributed by atoms with Crippen LogP contribution in [0.5, 0.6) is 0 Å². The molecule has 6 nitrogen and oxygen atoms in total. The summed E-state index contributed by atoms with van der Waals surface area (Å²) in [7, 11) is 0. The molecule has 0 bridgehead atoms. The van der Waals surface area contributed by atoms with Gasteiger partial charge in [-0.1, -0.05) is 23.7 Å². The Labute approximate surface area is 185 Å². The molecule has 2 aromatic heterocycles. The van der Waals surface area contributed by atoms with Crippen molar-refractivity contribution >= 4 is 34.9 Å². The minimum atomic E-state index is -0.325. The largest absolute Gasteiger partial charge is 0.465 e. The fraction of sp³-hybridized carbons (Fsp3) is 0.227. The Hall–Kier alpha value is -2.90. The van der Waals surface area contributed by atoms with E-state index in [0.717, 1.165) is 17.1 Å². The molecular formula is C22H21ClN4O2S. The van der Waals surface area contributed by atoms with Crippen molar-refractivity contribution in [1.29, 1.82) is 0 Å². The third kappa shape index (κ3) is 4.04. The molecule has 0 amide bonds. The van der Waals surface area contributed by atoms with Gasteiger partial charge in [0.15, 0.2) is 5.11 Å². The summed E-state index contributed by atoms with van der Waals surface area (Å²) < 4.78 is 7.24. The van der Waals surface area contributed by atoms with Crippen molar-refractivity contribution in [3.63, 3.8) is 0 Å². The predicted molar refractivity (Wildman–Crippen MR) is 120 cm³/mol. The summed E-state index contributed by atoms with van der Waals surface area (Å²) in [5.41, 5.74) is 2.73. The highest BCUT2D eigenvalue weighted by Crippen LogP contribution is 2.39. The molecule has 3 heterocycles. The van der Waals surface area contributed by atoms with Gasteiger partial charge < -0.3 is 19.5 Å². The van der Waals surface area contributed by atoms with Crippen molar-refractivity contribution in [3.05, 3.63) is 83.4 Å². The first kappa shape index (κ1) is 20.4. The van der Waals surface area contributed by atoms with Gasteiger partial charge >= 0.3 is 5.97 Å². The van der Waals surface area contributed by atoms with Crippen LogP contribution in [0, 0.1) is 0 Å². The summed E-state index contributed by atoms with van der Waals surface area (Å²) in [4.78, 5) is 18.7. The molecule has 1 N–H and O–H groups in total. The maximum absolute atomic E-state index is 12.3. The first-order chi connectivity index (χ1) is 14.6. The smallest absolute Gasteiger partial charge is 0.325 e. The molecule has 0 radical (unpaired) electrons. The number of esters is 1. The van der Waals surface area contributed by atoms with E-state index in [4.69, 9.17) is 28.6 Å². The summed E-state index contributed by atoms with van der Waals surface area (Å²) in [6, 6.07) is 16.9. The van der Waals surface area contributed by atoms with Crippen molar-refractivity contribution in [3.8, 4) is 5.69 Å². The number of thiocarbonyl (C=S) groups is 1. The molecule has 1 fully saturated rings. The topological polar surface area (TPSA) is 59.4 Å². The van der Waals surface area contributed by atoms with E-state index in [1.54, 1.807) is 13.1 Å². The summed E-state index contributed by atoms with van der Waals surface area (Å²) in [6.07, 6.45) is 3.72. The van der Waals surface area contributed by atoms with Crippen LogP contribution in [0.1, 0.15) is 30.4 Å². The zero-order valence-electron chi connectivity index (χ0n) is 16.4. The highest BCUT2D eigenvalue weighted by Gasteiger charge is 2.42. The van der Waals surface area contributed by atoms with Gasteiger partial charge in [0, 0.05) is 28.8 Å². The molecule has 2 atom stereocenters. The van der Waals surface area contributed by atoms with E-state index in [9.17, 15) is 4.79 Å². The minimum absolute atomic E-state index is 0.0500. The van der Waals surface area contributed by atoms with Gasteiger partial charge in [0.25, 0.3) is 0 Å². The lowest BCUT2D eigenvalue weighted by molar-refractivity contribution is -0.143. The number of hydrogen-bond donors (Lipinski definition) is 1. The second kappa shape index (κ2) is 8.85. The molecule has 30 heavy (non-hydrogen) atoms. The predicted octanol–water partition coefficient (Wildman–Crippen LogP) is 4.06. The number of ether oxygens (including phenoxy) is 1. The van der Waals surface area contributed by atoms with Crippen LogP contribution in [-0.4, -0.2) is 38.7 Å². The SMILES string of the molecule is CCOC(=O)CN1C(=S)N[C@H](c2ccccn2)[C@H]1c1cccn1-c1cccc(Cl)c1. The number of halogens is 1. The highest BCUT2D eigenvalue weighted by molar-refractivity contribution is 7.80. The van der Waals surface area contributed by atoms with Crippen molar-refractivity contribution in [2.45, 2.75) is 19.0 Å². The number of carbonyl (C=O) groups is 1. The lowest BCUT2D eigenvalue weighted by atomic mass is 10.0. The van der Waals surface area contributed by atoms with Crippen molar-refractivity contribution in [2.24, 2.45) is 0 Å². The Morgan fingerprint density at radius 3 is 2.83 bits per heavy atom. The minimum Gasteiger partial charge on any atom is -0.465 e. The van der Waals surface area contributed by atoms with Gasteiger partial charge in [0.05, 0.1) is 24.4 Å². The molecule has 3 aromatic rings. The van der Waals surface area contributed by atoms with E-state index in [-0.39, 0.29) is 24.6 Å². The Morgan fingerprint density at radius 2 is 2.10 bits per heavy atom. The van der Waals surface area contributed by atoms with Crippen molar-refractivity contribution in [2.75, 3.05) is 13.2 Å². The summed E-state index contributed by atoms with van der Waals surface area (Å²) in [5, 5.41) is 4.48. The number of benzene rings is 1. The number of nitrogens with one attached hydrogen (secondary N) is 1. The Kier molecular flexibility index (Phi) is 6.01. The van der Waals surface area contributed by atoms with Crippen LogP contribution in [0.3, 0.4) is 0 Å². The van der Waals surface area contributed by atoms with E-state index in [1.807, 2.05) is 65.7 Å². The molecule has 4 rings (SSSR count). The summed E-state index contributed by atoms with van der Waals surface area (Å²) >= 11 is 11.8. The first-order valence-corrected chi connectivity index (χ1v) is 10.4. The maximum Gasteiger partial charge on any atom is 0.325 e. The van der Waals surface area contributed by atoms with Crippen LogP contribution in [0.15, 0.2) is 67.0 Å². The number of aromatic nitrogens is 2. The standard InChI is InChI=1S/C22H21ClN4O2S/c1-2-29-19(28)14-27-21(20(25-22(27)30)17-9-3-4-11-24-17)18-10-6-12-26(18)16-8-5-7-15(23)13-16/h3-13,20-21H,2,14H2,1H3,(H,25,30)/t20-,21-/m1/s1. The van der Waals surface area contributed by atoms with Crippen LogP contribution in [0.4, 0.5) is 0 Å². The number of hydrogen-bond acceptors (Lipinski definition) is 4. The van der Waals surface area contributed by atoms with Gasteiger partial charge in [-0.2, -0.15) is 0 Å². The Bertz CT molecular complexity index is 1060. The summed E-state index contributed by atoms with van der Waals surface area (Å²) in [5.74, 6) is -0.325. The lowest BCUT2D eigenvalue weighted by Gasteiger charge is -2.28. The zero-order valence-corrected chi connectivity index (χ0v) is 17.9. The van der Waals surface area contributed by atoms with Crippen LogP contribution in [0.25, 0.3) is 5.69 Å². The van der Waals surface area contributed by atoms with Crippen molar-refractivity contribution in [1.82, 2.24) is 19.8 Å². The number of rotatable bonds is 6. The second-order valence-electron chi connectivity index (χ2n) is 6.84. The van der Waals surface area contributed by atoms with Gasteiger partial charge in [-0.15, -0.1) is 0 Å². The van der Waals surface area contributed by atoms with Crippen LogP contribution in [-0.2, 0) is 9.53 Å². The molecule has 1 aromatic carbocycles. The molecule has 1 saturated heterocycles. The first-order valence-electron chi connectivity index (χ1n) is 9.65. The van der Waals surface area contributed by atoms with Crippen LogP contribution >= 0.6 is 23.8 Å². The quantitative estimate of drug-likeness (QED) is 0.460. The second-order valence-corrected chi connectivity index (χ2v) is 7.67. The van der Waals surface area contributed by atoms with Crippen LogP contribution in [0.2, 0.25) is 5.02 Å². The van der Waals surface area contributed by atoms with E-state index in [2.05, 4.69) is 14.9 Å². The van der Waals surface area contributed by atoms with Gasteiger partial charge in [0.1, 0.15) is 6.54 Å². The zero-order chi connectivity index (χ0) is 21.1. The normalized spacial score (nSPS) is 18.3. The molecular weight excluding hydrogens is 420 g/mol. The maximum atomic E-state index is 12.3. The molecule has 0 saturated carbocycles. The van der Waals surface area contributed by atoms with Gasteiger partial charge in [-0.25, -0.2) is 0 Å². The Morgan fingerprint density at radius 1 is 1.23 bits per heavy atom. The van der Waals surface area contributed by atoms with Crippen molar-refractivity contribution < 1.29 is 9.53 Å². The molecule has 8 heteroatoms. The third-order valence-electron chi connectivity index (χ3n) is 4.97. The van der Waals surface area contributed by atoms with Gasteiger partial charge in [-0.05, 0) is 61.6 Å². The number of pyridine rings is 1. The van der Waals surface area contributed by atoms with Crippen LogP contribution < -0.4 is 5.32 Å². The van der Waals surface area contributed by atoms with E-state index >= 15 is 0 Å². The molecule has 0 spiro atoms. The fourth-order valence-electron chi connectivity index (χ4n) is 3.74. The highest BCUT2D eigenvalue weighted by atomic mass is 35.5. The molecule has 0 aliphatic carbocycles. The van der Waals surface area contributed by atoms with E-state index in [0.29, 0.717) is 16.7 Å². The monoisotopic (exact) mass is 440 g/mol. The molecule has 1 aliphatic heterocycles. The lowest BCUT2D eigenvalue weighted by Crippen LogP contribution is -2.36. The van der Waals surface area contributed by atoms with E-state index < -0.39 is 0 Å². The average molecular weight is 441 g/mol. The summed E-state index contributed by atoms with van der Waals surface area (Å²) in [6.45, 7) is 2.16. The Balaban J connectivity index is 1.79. The van der Waals surface area contributed by atoms with E-state index in [1.165, 1.54) is 0 Å². The molecule has 0 unspecified atom stereocenters. The van der Waals surface area contributed by atoms with Gasteiger partial charge in [-0.3, -0.25) is 9.78 Å². The average Bonchev–Trinajstić information content (AvgIpc) is 3.34. The molecule has 154 valence electrons.